The van der Waals surface area contributed by atoms with Crippen molar-refractivity contribution in [1.82, 2.24) is 4.98 Å². The number of hydrogen-bond acceptors (Lipinski definition) is 3. The Balaban J connectivity index is 2.39. The summed E-state index contributed by atoms with van der Waals surface area (Å²) in [6, 6.07) is 3.26. The molecule has 1 aromatic rings. The molecule has 0 amide bonds. The van der Waals surface area contributed by atoms with Crippen LogP contribution in [0, 0.1) is 10.1 Å². The van der Waals surface area contributed by atoms with Gasteiger partial charge in [0.15, 0.2) is 0 Å². The zero-order valence-electron chi connectivity index (χ0n) is 8.98. The lowest BCUT2D eigenvalue weighted by Gasteiger charge is -1.98. The van der Waals surface area contributed by atoms with Crippen LogP contribution in [0.4, 0.5) is 5.82 Å². The van der Waals surface area contributed by atoms with E-state index in [1.165, 1.54) is 25.3 Å². The minimum atomic E-state index is -0.471. The maximum Gasteiger partial charge on any atom is 0.363 e. The summed E-state index contributed by atoms with van der Waals surface area (Å²) in [5.74, 6) is -0.0766. The van der Waals surface area contributed by atoms with Crippen molar-refractivity contribution in [3.63, 3.8) is 0 Å². The zero-order chi connectivity index (χ0) is 11.1. The average Bonchev–Trinajstić information content (AvgIpc) is 2.25. The second-order valence-corrected chi connectivity index (χ2v) is 3.59. The van der Waals surface area contributed by atoms with Crippen molar-refractivity contribution in [2.24, 2.45) is 0 Å². The minimum absolute atomic E-state index is 0.0766. The van der Waals surface area contributed by atoms with Gasteiger partial charge in [0.2, 0.25) is 0 Å². The summed E-state index contributed by atoms with van der Waals surface area (Å²) in [7, 11) is 0. The molecule has 0 N–H and O–H groups in total. The Hall–Kier alpha value is -1.45. The number of aryl methyl sites for hydroxylation is 1. The lowest BCUT2D eigenvalue weighted by atomic mass is 10.1. The van der Waals surface area contributed by atoms with Crippen molar-refractivity contribution in [3.8, 4) is 0 Å². The van der Waals surface area contributed by atoms with E-state index in [4.69, 9.17) is 0 Å². The number of unbranched alkanes of at least 4 members (excludes halogenated alkanes) is 3. The Bertz CT molecular complexity index is 309. The molecule has 0 bridgehead atoms. The molecule has 0 spiro atoms. The van der Waals surface area contributed by atoms with Gasteiger partial charge in [-0.15, -0.1) is 0 Å². The van der Waals surface area contributed by atoms with Crippen molar-refractivity contribution in [2.75, 3.05) is 0 Å². The largest absolute Gasteiger partial charge is 0.363 e. The van der Waals surface area contributed by atoms with Crippen molar-refractivity contribution in [3.05, 3.63) is 34.0 Å². The molecular weight excluding hydrogens is 192 g/mol. The standard InChI is InChI=1S/C11H16N2O2/c1-2-3-4-5-6-10-7-8-11(12-9-10)13(14)15/h7-9H,2-6H2,1H3. The fourth-order valence-corrected chi connectivity index (χ4v) is 1.43. The first kappa shape index (κ1) is 11.6. The molecule has 82 valence electrons. The van der Waals surface area contributed by atoms with E-state index in [1.54, 1.807) is 12.3 Å². The van der Waals surface area contributed by atoms with E-state index in [2.05, 4.69) is 11.9 Å². The molecule has 0 aromatic carbocycles. The van der Waals surface area contributed by atoms with Gasteiger partial charge in [0, 0.05) is 6.07 Å². The van der Waals surface area contributed by atoms with Crippen LogP contribution in [-0.4, -0.2) is 9.91 Å². The molecule has 0 unspecified atom stereocenters. The second kappa shape index (κ2) is 6.11. The third-order valence-electron chi connectivity index (χ3n) is 2.32. The molecule has 0 radical (unpaired) electrons. The lowest BCUT2D eigenvalue weighted by molar-refractivity contribution is -0.389. The van der Waals surface area contributed by atoms with Crippen molar-refractivity contribution < 1.29 is 4.92 Å². The third kappa shape index (κ3) is 4.06. The van der Waals surface area contributed by atoms with Crippen LogP contribution in [0.3, 0.4) is 0 Å². The molecule has 4 nitrogen and oxygen atoms in total. The molecule has 0 aliphatic carbocycles. The lowest BCUT2D eigenvalue weighted by Crippen LogP contribution is -1.93. The number of rotatable bonds is 6. The topological polar surface area (TPSA) is 56.0 Å². The molecular formula is C11H16N2O2. The van der Waals surface area contributed by atoms with Crippen LogP contribution in [0.2, 0.25) is 0 Å². The van der Waals surface area contributed by atoms with Crippen LogP contribution in [0.1, 0.15) is 38.2 Å². The van der Waals surface area contributed by atoms with Crippen molar-refractivity contribution in [1.29, 1.82) is 0 Å². The maximum atomic E-state index is 10.4. The van der Waals surface area contributed by atoms with Crippen LogP contribution in [-0.2, 0) is 6.42 Å². The van der Waals surface area contributed by atoms with Gasteiger partial charge < -0.3 is 10.1 Å². The molecule has 0 atom stereocenters. The number of nitrogens with zero attached hydrogens (tertiary/aromatic N) is 2. The van der Waals surface area contributed by atoms with E-state index in [1.807, 2.05) is 0 Å². The molecule has 15 heavy (non-hydrogen) atoms. The average molecular weight is 208 g/mol. The Labute approximate surface area is 89.5 Å². The molecule has 0 fully saturated rings. The van der Waals surface area contributed by atoms with Gasteiger partial charge in [0.25, 0.3) is 0 Å². The highest BCUT2D eigenvalue weighted by Gasteiger charge is 2.05. The molecule has 0 aliphatic heterocycles. The Kier molecular flexibility index (Phi) is 4.74. The Morgan fingerprint density at radius 3 is 2.67 bits per heavy atom. The van der Waals surface area contributed by atoms with Gasteiger partial charge in [-0.05, 0) is 34.4 Å². The highest BCUT2D eigenvalue weighted by Crippen LogP contribution is 2.10. The fourth-order valence-electron chi connectivity index (χ4n) is 1.43. The summed E-state index contributed by atoms with van der Waals surface area (Å²) in [6.07, 6.45) is 7.38. The summed E-state index contributed by atoms with van der Waals surface area (Å²) in [5, 5.41) is 10.4. The minimum Gasteiger partial charge on any atom is -0.358 e. The Morgan fingerprint density at radius 1 is 1.33 bits per heavy atom. The summed E-state index contributed by atoms with van der Waals surface area (Å²) in [5.41, 5.74) is 1.08. The van der Waals surface area contributed by atoms with Gasteiger partial charge in [-0.1, -0.05) is 26.2 Å². The molecule has 1 heterocycles. The summed E-state index contributed by atoms with van der Waals surface area (Å²) in [4.78, 5) is 13.7. The van der Waals surface area contributed by atoms with Crippen molar-refractivity contribution >= 4 is 5.82 Å². The first-order valence-corrected chi connectivity index (χ1v) is 5.33. The Morgan fingerprint density at radius 2 is 2.13 bits per heavy atom. The van der Waals surface area contributed by atoms with Gasteiger partial charge in [-0.3, -0.25) is 0 Å². The highest BCUT2D eigenvalue weighted by molar-refractivity contribution is 5.22. The monoisotopic (exact) mass is 208 g/mol. The number of hydrogen-bond donors (Lipinski definition) is 0. The zero-order valence-corrected chi connectivity index (χ0v) is 8.98. The SMILES string of the molecule is CCCCCCc1ccc([N+](=O)[O-])nc1. The van der Waals surface area contributed by atoms with E-state index in [0.29, 0.717) is 0 Å². The normalized spacial score (nSPS) is 10.2. The van der Waals surface area contributed by atoms with Gasteiger partial charge in [-0.25, -0.2) is 0 Å². The molecule has 0 aliphatic rings. The van der Waals surface area contributed by atoms with Gasteiger partial charge >= 0.3 is 5.82 Å². The maximum absolute atomic E-state index is 10.4. The van der Waals surface area contributed by atoms with Crippen LogP contribution in [0.25, 0.3) is 0 Å². The molecule has 1 aromatic heterocycles. The van der Waals surface area contributed by atoms with E-state index in [9.17, 15) is 10.1 Å². The quantitative estimate of drug-likeness (QED) is 0.410. The van der Waals surface area contributed by atoms with E-state index >= 15 is 0 Å². The predicted octanol–water partition coefficient (Wildman–Crippen LogP) is 3.11. The van der Waals surface area contributed by atoms with Crippen LogP contribution in [0.15, 0.2) is 18.3 Å². The highest BCUT2D eigenvalue weighted by atomic mass is 16.6. The molecule has 1 rings (SSSR count). The van der Waals surface area contributed by atoms with Crippen molar-refractivity contribution in [2.45, 2.75) is 39.0 Å². The van der Waals surface area contributed by atoms with Crippen LogP contribution in [0.5, 0.6) is 0 Å². The van der Waals surface area contributed by atoms with Gasteiger partial charge in [0.05, 0.1) is 0 Å². The number of aromatic nitrogens is 1. The summed E-state index contributed by atoms with van der Waals surface area (Å²) < 4.78 is 0. The van der Waals surface area contributed by atoms with E-state index in [-0.39, 0.29) is 5.82 Å². The fraction of sp³-hybridized carbons (Fsp3) is 0.545. The predicted molar refractivity (Wildman–Crippen MR) is 58.7 cm³/mol. The smallest absolute Gasteiger partial charge is 0.358 e. The second-order valence-electron chi connectivity index (χ2n) is 3.59. The number of nitro groups is 1. The molecule has 4 heteroatoms. The van der Waals surface area contributed by atoms with Crippen LogP contribution < -0.4 is 0 Å². The van der Waals surface area contributed by atoms with Gasteiger partial charge in [0.1, 0.15) is 6.20 Å². The summed E-state index contributed by atoms with van der Waals surface area (Å²) >= 11 is 0. The van der Waals surface area contributed by atoms with Gasteiger partial charge in [-0.2, -0.15) is 0 Å². The molecule has 0 saturated carbocycles. The molecule has 0 saturated heterocycles. The van der Waals surface area contributed by atoms with Crippen LogP contribution >= 0.6 is 0 Å². The van der Waals surface area contributed by atoms with E-state index < -0.39 is 4.92 Å². The summed E-state index contributed by atoms with van der Waals surface area (Å²) in [6.45, 7) is 2.17. The van der Waals surface area contributed by atoms with E-state index in [0.717, 1.165) is 18.4 Å². The first-order valence-electron chi connectivity index (χ1n) is 5.33. The number of pyridine rings is 1. The third-order valence-corrected chi connectivity index (χ3v) is 2.32. The first-order chi connectivity index (χ1) is 7.24.